The number of nitrogens with zero attached hydrogens (tertiary/aromatic N) is 2. The molecule has 1 aromatic heterocycles. The van der Waals surface area contributed by atoms with Crippen molar-refractivity contribution in [3.8, 4) is 0 Å². The van der Waals surface area contributed by atoms with Crippen molar-refractivity contribution in [1.29, 1.82) is 0 Å². The number of aromatic amines is 1. The van der Waals surface area contributed by atoms with Crippen LogP contribution in [0, 0.1) is 0 Å². The summed E-state index contributed by atoms with van der Waals surface area (Å²) in [4.78, 5) is 21.1. The largest absolute Gasteiger partial charge is 0.381 e. The van der Waals surface area contributed by atoms with Crippen LogP contribution in [-0.4, -0.2) is 59.7 Å². The highest BCUT2D eigenvalue weighted by Gasteiger charge is 2.29. The normalized spacial score (nSPS) is 24.3. The van der Waals surface area contributed by atoms with Crippen LogP contribution in [0.15, 0.2) is 6.20 Å². The Balaban J connectivity index is 1.58. The van der Waals surface area contributed by atoms with Gasteiger partial charge in [0, 0.05) is 39.3 Å². The number of carbonyl (C=O) groups excluding carboxylic acids is 1. The van der Waals surface area contributed by atoms with E-state index in [-0.39, 0.29) is 12.0 Å². The molecule has 3 heterocycles. The summed E-state index contributed by atoms with van der Waals surface area (Å²) in [7, 11) is 0. The number of carbonyl (C=O) groups is 1. The molecule has 2 aliphatic rings. The minimum atomic E-state index is -0.0456. The third kappa shape index (κ3) is 3.85. The predicted molar refractivity (Wildman–Crippen MR) is 80.2 cm³/mol. The summed E-state index contributed by atoms with van der Waals surface area (Å²) in [5.74, 6) is 0.799. The SMILES string of the molecule is CC(=O)NCc1cnc([C@@H]2CN(C3CCOCC3)CCO2)[nH]1. The van der Waals surface area contributed by atoms with E-state index in [1.54, 1.807) is 6.20 Å². The molecule has 0 spiro atoms. The minimum absolute atomic E-state index is 0.0253. The molecule has 0 saturated carbocycles. The smallest absolute Gasteiger partial charge is 0.217 e. The van der Waals surface area contributed by atoms with Crippen molar-refractivity contribution in [3.05, 3.63) is 17.7 Å². The van der Waals surface area contributed by atoms with Gasteiger partial charge in [-0.15, -0.1) is 0 Å². The molecule has 3 rings (SSSR count). The van der Waals surface area contributed by atoms with Crippen LogP contribution in [0.5, 0.6) is 0 Å². The summed E-state index contributed by atoms with van der Waals surface area (Å²) in [6.45, 7) is 6.25. The molecule has 2 fully saturated rings. The van der Waals surface area contributed by atoms with Gasteiger partial charge in [0.25, 0.3) is 0 Å². The van der Waals surface area contributed by atoms with E-state index in [9.17, 15) is 4.79 Å². The van der Waals surface area contributed by atoms with E-state index >= 15 is 0 Å². The van der Waals surface area contributed by atoms with Gasteiger partial charge in [0.2, 0.25) is 5.91 Å². The number of rotatable bonds is 4. The maximum absolute atomic E-state index is 11.0. The molecule has 1 aromatic rings. The van der Waals surface area contributed by atoms with Gasteiger partial charge < -0.3 is 19.8 Å². The van der Waals surface area contributed by atoms with Crippen molar-refractivity contribution in [2.24, 2.45) is 0 Å². The van der Waals surface area contributed by atoms with Crippen LogP contribution in [0.3, 0.4) is 0 Å². The minimum Gasteiger partial charge on any atom is -0.381 e. The molecule has 7 heteroatoms. The van der Waals surface area contributed by atoms with Crippen LogP contribution in [-0.2, 0) is 20.8 Å². The molecule has 2 aliphatic heterocycles. The second-order valence-electron chi connectivity index (χ2n) is 5.90. The Bertz CT molecular complexity index is 499. The first-order chi connectivity index (χ1) is 10.7. The van der Waals surface area contributed by atoms with Crippen molar-refractivity contribution < 1.29 is 14.3 Å². The number of imidazole rings is 1. The Morgan fingerprint density at radius 3 is 3.05 bits per heavy atom. The Morgan fingerprint density at radius 2 is 2.27 bits per heavy atom. The fourth-order valence-corrected chi connectivity index (χ4v) is 3.07. The zero-order chi connectivity index (χ0) is 15.4. The van der Waals surface area contributed by atoms with Crippen LogP contribution < -0.4 is 5.32 Å². The Hall–Kier alpha value is -1.44. The monoisotopic (exact) mass is 308 g/mol. The number of hydrogen-bond acceptors (Lipinski definition) is 5. The highest BCUT2D eigenvalue weighted by atomic mass is 16.5. The summed E-state index contributed by atoms with van der Waals surface area (Å²) in [6, 6.07) is 0.592. The van der Waals surface area contributed by atoms with E-state index in [2.05, 4.69) is 20.2 Å². The number of amides is 1. The lowest BCUT2D eigenvalue weighted by Crippen LogP contribution is -2.47. The lowest BCUT2D eigenvalue weighted by atomic mass is 10.1. The maximum Gasteiger partial charge on any atom is 0.217 e. The van der Waals surface area contributed by atoms with Gasteiger partial charge in [-0.3, -0.25) is 9.69 Å². The first-order valence-electron chi connectivity index (χ1n) is 7.94. The highest BCUT2D eigenvalue weighted by Crippen LogP contribution is 2.24. The second kappa shape index (κ2) is 7.21. The average molecular weight is 308 g/mol. The van der Waals surface area contributed by atoms with E-state index in [0.717, 1.165) is 57.3 Å². The fraction of sp³-hybridized carbons (Fsp3) is 0.733. The molecule has 1 atom stereocenters. The zero-order valence-corrected chi connectivity index (χ0v) is 13.0. The predicted octanol–water partition coefficient (Wildman–Crippen LogP) is 0.598. The molecular weight excluding hydrogens is 284 g/mol. The third-order valence-electron chi connectivity index (χ3n) is 4.29. The molecule has 1 amide bonds. The van der Waals surface area contributed by atoms with Gasteiger partial charge in [-0.2, -0.15) is 0 Å². The number of morpholine rings is 1. The van der Waals surface area contributed by atoms with Crippen molar-refractivity contribution in [2.75, 3.05) is 32.9 Å². The van der Waals surface area contributed by atoms with Gasteiger partial charge in [-0.25, -0.2) is 4.98 Å². The summed E-state index contributed by atoms with van der Waals surface area (Å²) < 4.78 is 11.3. The topological polar surface area (TPSA) is 79.5 Å². The average Bonchev–Trinajstić information content (AvgIpc) is 3.03. The summed E-state index contributed by atoms with van der Waals surface area (Å²) >= 11 is 0. The molecule has 2 N–H and O–H groups in total. The van der Waals surface area contributed by atoms with Crippen LogP contribution in [0.1, 0.15) is 37.4 Å². The number of H-pyrrole nitrogens is 1. The van der Waals surface area contributed by atoms with Crippen molar-refractivity contribution in [1.82, 2.24) is 20.2 Å². The van der Waals surface area contributed by atoms with Gasteiger partial charge in [-0.1, -0.05) is 0 Å². The summed E-state index contributed by atoms with van der Waals surface area (Å²) in [6.07, 6.45) is 3.93. The van der Waals surface area contributed by atoms with E-state index in [1.165, 1.54) is 6.92 Å². The first kappa shape index (κ1) is 15.5. The van der Waals surface area contributed by atoms with Crippen LogP contribution in [0.25, 0.3) is 0 Å². The second-order valence-corrected chi connectivity index (χ2v) is 5.90. The number of aromatic nitrogens is 2. The number of nitrogens with one attached hydrogen (secondary N) is 2. The standard InChI is InChI=1S/C15H24N4O3/c1-11(20)16-8-12-9-17-15(18-12)14-10-19(4-7-22-14)13-2-5-21-6-3-13/h9,13-14H,2-8,10H2,1H3,(H,16,20)(H,17,18)/t14-/m0/s1. The van der Waals surface area contributed by atoms with E-state index in [0.29, 0.717) is 12.6 Å². The Kier molecular flexibility index (Phi) is 5.07. The zero-order valence-electron chi connectivity index (χ0n) is 13.0. The number of hydrogen-bond donors (Lipinski definition) is 2. The first-order valence-corrected chi connectivity index (χ1v) is 7.94. The molecule has 0 bridgehead atoms. The lowest BCUT2D eigenvalue weighted by Gasteiger charge is -2.39. The van der Waals surface area contributed by atoms with Crippen LogP contribution >= 0.6 is 0 Å². The fourth-order valence-electron chi connectivity index (χ4n) is 3.07. The Labute approximate surface area is 130 Å². The highest BCUT2D eigenvalue weighted by molar-refractivity contribution is 5.72. The van der Waals surface area contributed by atoms with Gasteiger partial charge >= 0.3 is 0 Å². The van der Waals surface area contributed by atoms with Gasteiger partial charge in [0.05, 0.1) is 25.0 Å². The molecule has 0 aromatic carbocycles. The van der Waals surface area contributed by atoms with Crippen LogP contribution in [0.2, 0.25) is 0 Å². The molecule has 7 nitrogen and oxygen atoms in total. The van der Waals surface area contributed by atoms with E-state index in [4.69, 9.17) is 9.47 Å². The van der Waals surface area contributed by atoms with Crippen molar-refractivity contribution in [2.45, 2.75) is 38.5 Å². The Morgan fingerprint density at radius 1 is 1.45 bits per heavy atom. The molecule has 122 valence electrons. The summed E-state index contributed by atoms with van der Waals surface area (Å²) in [5.41, 5.74) is 0.900. The third-order valence-corrected chi connectivity index (χ3v) is 4.29. The van der Waals surface area contributed by atoms with E-state index < -0.39 is 0 Å². The van der Waals surface area contributed by atoms with E-state index in [1.807, 2.05) is 0 Å². The molecule has 0 unspecified atom stereocenters. The van der Waals surface area contributed by atoms with Crippen molar-refractivity contribution >= 4 is 5.91 Å². The van der Waals surface area contributed by atoms with Gasteiger partial charge in [0.15, 0.2) is 0 Å². The molecule has 22 heavy (non-hydrogen) atoms. The van der Waals surface area contributed by atoms with Gasteiger partial charge in [0.1, 0.15) is 11.9 Å². The quantitative estimate of drug-likeness (QED) is 0.851. The van der Waals surface area contributed by atoms with Crippen molar-refractivity contribution in [3.63, 3.8) is 0 Å². The molecular formula is C15H24N4O3. The number of ether oxygens (including phenoxy) is 2. The summed E-state index contributed by atoms with van der Waals surface area (Å²) in [5, 5.41) is 2.76. The molecule has 0 aliphatic carbocycles. The van der Waals surface area contributed by atoms with Crippen LogP contribution in [0.4, 0.5) is 0 Å². The lowest BCUT2D eigenvalue weighted by molar-refractivity contribution is -0.119. The molecule has 2 saturated heterocycles. The maximum atomic E-state index is 11.0. The molecule has 0 radical (unpaired) electrons. The van der Waals surface area contributed by atoms with Gasteiger partial charge in [-0.05, 0) is 12.8 Å².